The number of nitrogens with one attached hydrogen (secondary N) is 1. The van der Waals surface area contributed by atoms with Crippen molar-refractivity contribution >= 4 is 11.8 Å². The van der Waals surface area contributed by atoms with Crippen molar-refractivity contribution in [2.24, 2.45) is 0 Å². The fourth-order valence-electron chi connectivity index (χ4n) is 2.66. The molecule has 1 unspecified atom stereocenters. The van der Waals surface area contributed by atoms with E-state index in [-0.39, 0.29) is 31.3 Å². The third-order valence-electron chi connectivity index (χ3n) is 3.87. The van der Waals surface area contributed by atoms with Crippen LogP contribution in [-0.4, -0.2) is 50.7 Å². The SMILES string of the molecule is O=C(NCc1nnc(-c2ccncc2)o1)C1CCCN1C(=O)C(F)(F)F. The Kier molecular flexibility index (Phi) is 4.87. The van der Waals surface area contributed by atoms with Crippen molar-refractivity contribution in [1.82, 2.24) is 25.4 Å². The molecule has 0 saturated carbocycles. The molecule has 3 heterocycles. The van der Waals surface area contributed by atoms with E-state index >= 15 is 0 Å². The van der Waals surface area contributed by atoms with Gasteiger partial charge in [0.1, 0.15) is 6.04 Å². The summed E-state index contributed by atoms with van der Waals surface area (Å²) < 4.78 is 43.2. The van der Waals surface area contributed by atoms with Gasteiger partial charge in [0, 0.05) is 24.5 Å². The first-order valence-corrected chi connectivity index (χ1v) is 7.74. The van der Waals surface area contributed by atoms with E-state index in [1.54, 1.807) is 24.5 Å². The highest BCUT2D eigenvalue weighted by molar-refractivity contribution is 5.90. The number of hydrogen-bond acceptors (Lipinski definition) is 6. The number of halogens is 3. The zero-order valence-corrected chi connectivity index (χ0v) is 13.4. The summed E-state index contributed by atoms with van der Waals surface area (Å²) in [6, 6.07) is 2.16. The molecule has 0 spiro atoms. The van der Waals surface area contributed by atoms with Crippen molar-refractivity contribution in [3.63, 3.8) is 0 Å². The monoisotopic (exact) mass is 369 g/mol. The second kappa shape index (κ2) is 7.10. The molecule has 26 heavy (non-hydrogen) atoms. The second-order valence-electron chi connectivity index (χ2n) is 5.61. The normalized spacial score (nSPS) is 17.3. The predicted molar refractivity (Wildman–Crippen MR) is 80.2 cm³/mol. The van der Waals surface area contributed by atoms with Crippen LogP contribution in [0.4, 0.5) is 13.2 Å². The molecule has 0 aliphatic carbocycles. The molecule has 1 saturated heterocycles. The molecule has 2 aromatic rings. The lowest BCUT2D eigenvalue weighted by molar-refractivity contribution is -0.186. The summed E-state index contributed by atoms with van der Waals surface area (Å²) in [7, 11) is 0. The lowest BCUT2D eigenvalue weighted by Gasteiger charge is -2.24. The highest BCUT2D eigenvalue weighted by atomic mass is 19.4. The van der Waals surface area contributed by atoms with Crippen molar-refractivity contribution in [3.8, 4) is 11.5 Å². The molecule has 8 nitrogen and oxygen atoms in total. The van der Waals surface area contributed by atoms with Gasteiger partial charge in [-0.1, -0.05) is 0 Å². The summed E-state index contributed by atoms with van der Waals surface area (Å²) in [6.07, 6.45) is -1.41. The van der Waals surface area contributed by atoms with Crippen LogP contribution in [-0.2, 0) is 16.1 Å². The summed E-state index contributed by atoms with van der Waals surface area (Å²) in [6.45, 7) is -0.259. The second-order valence-corrected chi connectivity index (χ2v) is 5.61. The maximum atomic E-state index is 12.6. The molecule has 0 aromatic carbocycles. The first-order valence-electron chi connectivity index (χ1n) is 7.74. The van der Waals surface area contributed by atoms with Crippen LogP contribution < -0.4 is 5.32 Å². The smallest absolute Gasteiger partial charge is 0.419 e. The molecule has 2 amide bonds. The number of carbonyl (C=O) groups is 2. The number of carbonyl (C=O) groups excluding carboxylic acids is 2. The molecule has 0 radical (unpaired) electrons. The number of likely N-dealkylation sites (tertiary alicyclic amines) is 1. The van der Waals surface area contributed by atoms with Gasteiger partial charge in [-0.3, -0.25) is 14.6 Å². The minimum absolute atomic E-state index is 0.0943. The Hall–Kier alpha value is -2.98. The van der Waals surface area contributed by atoms with Crippen LogP contribution in [0.1, 0.15) is 18.7 Å². The fourth-order valence-corrected chi connectivity index (χ4v) is 2.66. The Morgan fingerprint density at radius 2 is 2.00 bits per heavy atom. The molecule has 1 aliphatic heterocycles. The van der Waals surface area contributed by atoms with Crippen LogP contribution >= 0.6 is 0 Å². The van der Waals surface area contributed by atoms with Crippen molar-refractivity contribution in [2.75, 3.05) is 6.54 Å². The van der Waals surface area contributed by atoms with Crippen LogP contribution in [0.2, 0.25) is 0 Å². The van der Waals surface area contributed by atoms with Crippen molar-refractivity contribution in [3.05, 3.63) is 30.4 Å². The average Bonchev–Trinajstić information content (AvgIpc) is 3.28. The van der Waals surface area contributed by atoms with E-state index in [0.717, 1.165) is 0 Å². The maximum absolute atomic E-state index is 12.6. The van der Waals surface area contributed by atoms with Gasteiger partial charge in [-0.2, -0.15) is 13.2 Å². The highest BCUT2D eigenvalue weighted by Crippen LogP contribution is 2.25. The number of aromatic nitrogens is 3. The van der Waals surface area contributed by atoms with Crippen LogP contribution in [0.25, 0.3) is 11.5 Å². The number of alkyl halides is 3. The Morgan fingerprint density at radius 1 is 1.27 bits per heavy atom. The van der Waals surface area contributed by atoms with E-state index in [0.29, 0.717) is 16.9 Å². The topological polar surface area (TPSA) is 101 Å². The quantitative estimate of drug-likeness (QED) is 0.872. The van der Waals surface area contributed by atoms with Crippen molar-refractivity contribution < 1.29 is 27.2 Å². The Morgan fingerprint density at radius 3 is 2.69 bits per heavy atom. The molecule has 1 N–H and O–H groups in total. The third-order valence-corrected chi connectivity index (χ3v) is 3.87. The van der Waals surface area contributed by atoms with E-state index in [1.165, 1.54) is 0 Å². The fraction of sp³-hybridized carbons (Fsp3) is 0.400. The standard InChI is InChI=1S/C15H14F3N5O3/c16-15(17,18)14(25)23-7-1-2-10(23)12(24)20-8-11-21-22-13(26-11)9-3-5-19-6-4-9/h3-6,10H,1-2,7-8H2,(H,20,24). The summed E-state index contributed by atoms with van der Waals surface area (Å²) in [4.78, 5) is 28.0. The van der Waals surface area contributed by atoms with Gasteiger partial charge in [0.25, 0.3) is 0 Å². The minimum Gasteiger partial charge on any atom is -0.419 e. The van der Waals surface area contributed by atoms with Gasteiger partial charge < -0.3 is 14.6 Å². The number of pyridine rings is 1. The Labute approximate surface area is 145 Å². The van der Waals surface area contributed by atoms with Crippen LogP contribution in [0.5, 0.6) is 0 Å². The summed E-state index contributed by atoms with van der Waals surface area (Å²) in [5.74, 6) is -2.38. The van der Waals surface area contributed by atoms with E-state index in [4.69, 9.17) is 4.42 Å². The Bertz CT molecular complexity index is 793. The molecule has 3 rings (SSSR count). The molecule has 1 atom stereocenters. The molecule has 1 aliphatic rings. The number of hydrogen-bond donors (Lipinski definition) is 1. The lowest BCUT2D eigenvalue weighted by atomic mass is 10.2. The van der Waals surface area contributed by atoms with Gasteiger partial charge in [-0.25, -0.2) is 0 Å². The van der Waals surface area contributed by atoms with Crippen LogP contribution in [0.15, 0.2) is 28.9 Å². The highest BCUT2D eigenvalue weighted by Gasteiger charge is 2.47. The predicted octanol–water partition coefficient (Wildman–Crippen LogP) is 1.30. The number of amides is 2. The van der Waals surface area contributed by atoms with Gasteiger partial charge in [-0.05, 0) is 25.0 Å². The first kappa shape index (κ1) is 17.8. The van der Waals surface area contributed by atoms with Gasteiger partial charge in [0.2, 0.25) is 17.7 Å². The number of nitrogens with zero attached hydrogens (tertiary/aromatic N) is 4. The maximum Gasteiger partial charge on any atom is 0.471 e. The molecule has 138 valence electrons. The lowest BCUT2D eigenvalue weighted by Crippen LogP contribution is -2.50. The first-order chi connectivity index (χ1) is 12.4. The summed E-state index contributed by atoms with van der Waals surface area (Å²) in [5, 5.41) is 10.0. The van der Waals surface area contributed by atoms with E-state index in [9.17, 15) is 22.8 Å². The molecular weight excluding hydrogens is 355 g/mol. The van der Waals surface area contributed by atoms with Gasteiger partial charge >= 0.3 is 12.1 Å². The molecule has 0 bridgehead atoms. The van der Waals surface area contributed by atoms with Gasteiger partial charge in [-0.15, -0.1) is 10.2 Å². The number of rotatable bonds is 4. The zero-order valence-electron chi connectivity index (χ0n) is 13.4. The molecule has 11 heteroatoms. The van der Waals surface area contributed by atoms with E-state index in [2.05, 4.69) is 20.5 Å². The molecular formula is C15H14F3N5O3. The van der Waals surface area contributed by atoms with Crippen LogP contribution in [0.3, 0.4) is 0 Å². The third kappa shape index (κ3) is 3.81. The average molecular weight is 369 g/mol. The van der Waals surface area contributed by atoms with Crippen molar-refractivity contribution in [2.45, 2.75) is 31.6 Å². The summed E-state index contributed by atoms with van der Waals surface area (Å²) in [5.41, 5.74) is 0.641. The molecule has 2 aromatic heterocycles. The van der Waals surface area contributed by atoms with Gasteiger partial charge in [0.15, 0.2) is 0 Å². The minimum atomic E-state index is -5.01. The Balaban J connectivity index is 1.60. The van der Waals surface area contributed by atoms with Crippen molar-refractivity contribution in [1.29, 1.82) is 0 Å². The van der Waals surface area contributed by atoms with E-state index in [1.807, 2.05) is 0 Å². The van der Waals surface area contributed by atoms with Gasteiger partial charge in [0.05, 0.1) is 6.54 Å². The summed E-state index contributed by atoms with van der Waals surface area (Å²) >= 11 is 0. The molecule has 1 fully saturated rings. The van der Waals surface area contributed by atoms with E-state index < -0.39 is 24.0 Å². The largest absolute Gasteiger partial charge is 0.471 e. The zero-order chi connectivity index (χ0) is 18.7. The van der Waals surface area contributed by atoms with Crippen LogP contribution in [0, 0.1) is 0 Å².